The highest BCUT2D eigenvalue weighted by Gasteiger charge is 2.04. The summed E-state index contributed by atoms with van der Waals surface area (Å²) in [6.45, 7) is 0. The first-order valence-electron chi connectivity index (χ1n) is 5.05. The number of nitrogens with zero attached hydrogens (tertiary/aromatic N) is 2. The zero-order chi connectivity index (χ0) is 12.3. The van der Waals surface area contributed by atoms with E-state index in [2.05, 4.69) is 4.98 Å². The molecular weight excluding hydrogens is 214 g/mol. The van der Waals surface area contributed by atoms with E-state index in [4.69, 9.17) is 15.7 Å². The van der Waals surface area contributed by atoms with Crippen molar-refractivity contribution < 1.29 is 4.74 Å². The summed E-state index contributed by atoms with van der Waals surface area (Å²) in [5.41, 5.74) is 7.73. The molecule has 0 aliphatic heterocycles. The van der Waals surface area contributed by atoms with E-state index in [1.807, 2.05) is 30.3 Å². The molecule has 0 radical (unpaired) electrons. The number of anilines is 1. The van der Waals surface area contributed by atoms with Gasteiger partial charge < -0.3 is 10.5 Å². The number of rotatable bonds is 2. The average molecular weight is 225 g/mol. The molecule has 0 aliphatic carbocycles. The smallest absolute Gasteiger partial charge is 0.142 e. The van der Waals surface area contributed by atoms with Gasteiger partial charge in [0.1, 0.15) is 17.6 Å². The highest BCUT2D eigenvalue weighted by atomic mass is 16.5. The molecule has 0 atom stereocenters. The molecule has 1 aromatic carbocycles. The van der Waals surface area contributed by atoms with Crippen molar-refractivity contribution >= 4 is 5.82 Å². The lowest BCUT2D eigenvalue weighted by molar-refractivity contribution is 0.415. The van der Waals surface area contributed by atoms with Crippen molar-refractivity contribution in [2.75, 3.05) is 12.8 Å². The summed E-state index contributed by atoms with van der Waals surface area (Å²) in [6.07, 6.45) is 0. The minimum atomic E-state index is 0.251. The number of methoxy groups -OCH3 is 1. The molecule has 1 heterocycles. The van der Waals surface area contributed by atoms with Gasteiger partial charge in [-0.15, -0.1) is 0 Å². The number of benzene rings is 1. The summed E-state index contributed by atoms with van der Waals surface area (Å²) in [6, 6.07) is 12.9. The largest absolute Gasteiger partial charge is 0.497 e. The van der Waals surface area contributed by atoms with Crippen LogP contribution < -0.4 is 10.5 Å². The first-order valence-corrected chi connectivity index (χ1v) is 5.05. The Morgan fingerprint density at radius 3 is 2.41 bits per heavy atom. The first-order chi connectivity index (χ1) is 8.24. The number of hydrogen-bond acceptors (Lipinski definition) is 4. The van der Waals surface area contributed by atoms with Crippen LogP contribution in [0.4, 0.5) is 5.82 Å². The molecule has 17 heavy (non-hydrogen) atoms. The van der Waals surface area contributed by atoms with E-state index in [1.54, 1.807) is 19.2 Å². The van der Waals surface area contributed by atoms with Gasteiger partial charge in [-0.3, -0.25) is 0 Å². The number of nitrogens with two attached hydrogens (primary N) is 1. The second kappa shape index (κ2) is 4.54. The molecule has 4 heteroatoms. The third-order valence-corrected chi connectivity index (χ3v) is 2.43. The van der Waals surface area contributed by atoms with Gasteiger partial charge in [0.05, 0.1) is 18.4 Å². The SMILES string of the molecule is COc1ccc(-c2ccc(C#N)c(N)n2)cc1. The fourth-order valence-corrected chi connectivity index (χ4v) is 1.49. The predicted molar refractivity (Wildman–Crippen MR) is 65.4 cm³/mol. The zero-order valence-corrected chi connectivity index (χ0v) is 9.34. The monoisotopic (exact) mass is 225 g/mol. The molecule has 0 saturated carbocycles. The van der Waals surface area contributed by atoms with Gasteiger partial charge in [-0.1, -0.05) is 0 Å². The number of nitrogen functional groups attached to an aromatic ring is 1. The topological polar surface area (TPSA) is 71.9 Å². The van der Waals surface area contributed by atoms with Crippen molar-refractivity contribution in [3.8, 4) is 23.1 Å². The maximum atomic E-state index is 8.76. The van der Waals surface area contributed by atoms with Gasteiger partial charge in [0.25, 0.3) is 0 Å². The van der Waals surface area contributed by atoms with E-state index in [-0.39, 0.29) is 5.82 Å². The molecule has 0 amide bonds. The summed E-state index contributed by atoms with van der Waals surface area (Å²) in [4.78, 5) is 4.18. The molecule has 0 bridgehead atoms. The quantitative estimate of drug-likeness (QED) is 0.850. The van der Waals surface area contributed by atoms with E-state index in [0.717, 1.165) is 17.0 Å². The molecular formula is C13H11N3O. The van der Waals surface area contributed by atoms with Crippen LogP contribution in [0.2, 0.25) is 0 Å². The van der Waals surface area contributed by atoms with E-state index in [1.165, 1.54) is 0 Å². The van der Waals surface area contributed by atoms with Crippen LogP contribution in [0, 0.1) is 11.3 Å². The molecule has 2 aromatic rings. The molecule has 2 rings (SSSR count). The van der Waals surface area contributed by atoms with Crippen molar-refractivity contribution in [3.63, 3.8) is 0 Å². The standard InChI is InChI=1S/C13H11N3O/c1-17-11-5-2-9(3-6-11)12-7-4-10(8-14)13(15)16-12/h2-7H,1H3,(H2,15,16). The lowest BCUT2D eigenvalue weighted by atomic mass is 10.1. The third-order valence-electron chi connectivity index (χ3n) is 2.43. The van der Waals surface area contributed by atoms with Crippen molar-refractivity contribution in [2.24, 2.45) is 0 Å². The Hall–Kier alpha value is -2.54. The fourth-order valence-electron chi connectivity index (χ4n) is 1.49. The number of pyridine rings is 1. The van der Waals surface area contributed by atoms with Gasteiger partial charge in [-0.05, 0) is 36.4 Å². The van der Waals surface area contributed by atoms with Crippen molar-refractivity contribution in [2.45, 2.75) is 0 Å². The van der Waals surface area contributed by atoms with Crippen LogP contribution in [0.25, 0.3) is 11.3 Å². The fraction of sp³-hybridized carbons (Fsp3) is 0.0769. The second-order valence-electron chi connectivity index (χ2n) is 3.47. The summed E-state index contributed by atoms with van der Waals surface area (Å²) in [5, 5.41) is 8.76. The van der Waals surface area contributed by atoms with Crippen LogP contribution in [-0.2, 0) is 0 Å². The number of hydrogen-bond donors (Lipinski definition) is 1. The van der Waals surface area contributed by atoms with Crippen LogP contribution in [0.5, 0.6) is 5.75 Å². The summed E-state index contributed by atoms with van der Waals surface area (Å²) >= 11 is 0. The van der Waals surface area contributed by atoms with Crippen LogP contribution in [0.1, 0.15) is 5.56 Å². The van der Waals surface area contributed by atoms with E-state index in [9.17, 15) is 0 Å². The average Bonchev–Trinajstić information content (AvgIpc) is 2.39. The molecule has 0 fully saturated rings. The van der Waals surface area contributed by atoms with Crippen LogP contribution >= 0.6 is 0 Å². The highest BCUT2D eigenvalue weighted by molar-refractivity contribution is 5.64. The van der Waals surface area contributed by atoms with Gasteiger partial charge >= 0.3 is 0 Å². The Kier molecular flexibility index (Phi) is 2.93. The Bertz CT molecular complexity index is 570. The van der Waals surface area contributed by atoms with Gasteiger partial charge in [0.2, 0.25) is 0 Å². The van der Waals surface area contributed by atoms with E-state index >= 15 is 0 Å². The molecule has 0 saturated heterocycles. The molecule has 0 spiro atoms. The predicted octanol–water partition coefficient (Wildman–Crippen LogP) is 2.21. The maximum absolute atomic E-state index is 8.76. The first kappa shape index (κ1) is 11.0. The molecule has 4 nitrogen and oxygen atoms in total. The van der Waals surface area contributed by atoms with Gasteiger partial charge in [0, 0.05) is 5.56 Å². The number of aromatic nitrogens is 1. The van der Waals surface area contributed by atoms with Crippen LogP contribution in [-0.4, -0.2) is 12.1 Å². The number of nitriles is 1. The summed E-state index contributed by atoms with van der Waals surface area (Å²) in [5.74, 6) is 1.04. The van der Waals surface area contributed by atoms with Crippen molar-refractivity contribution in [1.82, 2.24) is 4.98 Å². The maximum Gasteiger partial charge on any atom is 0.142 e. The molecule has 1 aromatic heterocycles. The zero-order valence-electron chi connectivity index (χ0n) is 9.34. The second-order valence-corrected chi connectivity index (χ2v) is 3.47. The number of ether oxygens (including phenoxy) is 1. The normalized spacial score (nSPS) is 9.65. The van der Waals surface area contributed by atoms with Crippen molar-refractivity contribution in [1.29, 1.82) is 5.26 Å². The summed E-state index contributed by atoms with van der Waals surface area (Å²) < 4.78 is 5.08. The highest BCUT2D eigenvalue weighted by Crippen LogP contribution is 2.22. The minimum absolute atomic E-state index is 0.251. The van der Waals surface area contributed by atoms with Gasteiger partial charge in [-0.2, -0.15) is 5.26 Å². The lowest BCUT2D eigenvalue weighted by Gasteiger charge is -2.04. The van der Waals surface area contributed by atoms with Crippen LogP contribution in [0.3, 0.4) is 0 Å². The molecule has 2 N–H and O–H groups in total. The Balaban J connectivity index is 2.40. The van der Waals surface area contributed by atoms with Gasteiger partial charge in [0.15, 0.2) is 0 Å². The van der Waals surface area contributed by atoms with E-state index < -0.39 is 0 Å². The molecule has 84 valence electrons. The van der Waals surface area contributed by atoms with E-state index in [0.29, 0.717) is 5.56 Å². The molecule has 0 aliphatic rings. The third kappa shape index (κ3) is 2.18. The molecule has 0 unspecified atom stereocenters. The summed E-state index contributed by atoms with van der Waals surface area (Å²) in [7, 11) is 1.62. The Morgan fingerprint density at radius 2 is 1.88 bits per heavy atom. The van der Waals surface area contributed by atoms with Gasteiger partial charge in [-0.25, -0.2) is 4.98 Å². The Labute approximate surface area is 99.3 Å². The minimum Gasteiger partial charge on any atom is -0.497 e. The van der Waals surface area contributed by atoms with Crippen molar-refractivity contribution in [3.05, 3.63) is 42.0 Å². The van der Waals surface area contributed by atoms with Crippen LogP contribution in [0.15, 0.2) is 36.4 Å². The Morgan fingerprint density at radius 1 is 1.18 bits per heavy atom. The lowest BCUT2D eigenvalue weighted by Crippen LogP contribution is -1.96.